The van der Waals surface area contributed by atoms with Gasteiger partial charge < -0.3 is 4.90 Å². The van der Waals surface area contributed by atoms with Gasteiger partial charge in [0.2, 0.25) is 0 Å². The van der Waals surface area contributed by atoms with Crippen LogP contribution in [0.15, 0.2) is 158 Å². The van der Waals surface area contributed by atoms with E-state index in [1.54, 1.807) is 0 Å². The zero-order chi connectivity index (χ0) is 49.3. The summed E-state index contributed by atoms with van der Waals surface area (Å²) in [7, 11) is 0. The second-order valence-corrected chi connectivity index (χ2v) is 22.4. The van der Waals surface area contributed by atoms with E-state index in [0.717, 1.165) is 22.6 Å². The molecule has 1 aliphatic rings. The predicted molar refractivity (Wildman–Crippen MR) is 305 cm³/mol. The molecule has 0 heterocycles. The molecule has 0 saturated heterocycles. The first-order valence-electron chi connectivity index (χ1n) is 26.9. The minimum atomic E-state index is -0.0403. The molecule has 360 valence electrons. The van der Waals surface area contributed by atoms with E-state index >= 15 is 0 Å². The minimum Gasteiger partial charge on any atom is -0.311 e. The molecule has 1 nitrogen and oxygen atoms in total. The average Bonchev–Trinajstić information content (AvgIpc) is 3.64. The molecule has 1 aliphatic carbocycles. The van der Waals surface area contributed by atoms with Crippen molar-refractivity contribution in [1.29, 1.82) is 0 Å². The third-order valence-electron chi connectivity index (χ3n) is 15.3. The Labute approximate surface area is 423 Å². The molecule has 70 heavy (non-hydrogen) atoms. The monoisotopic (exact) mass is 922 g/mol. The SMILES string of the molecule is C#Cc1ccc2c(c1)C(CCCCCCCC)(CCCCCCCC)c1cc(-c3ccc(N(c4ccc(-c5ccc(C(C)(C)C)cc5)cc4)c4ccc(-c5ccc(C(C)(C)C)cc5)cc4)cc3)ccc1-2. The Bertz CT molecular complexity index is 2700. The topological polar surface area (TPSA) is 3.24 Å². The average molecular weight is 922 g/mol. The summed E-state index contributed by atoms with van der Waals surface area (Å²) in [6, 6.07) is 59.8. The normalized spacial score (nSPS) is 12.9. The van der Waals surface area contributed by atoms with Crippen LogP contribution in [0.25, 0.3) is 44.5 Å². The van der Waals surface area contributed by atoms with Crippen molar-refractivity contribution in [3.63, 3.8) is 0 Å². The Morgan fingerprint density at radius 1 is 0.386 bits per heavy atom. The maximum Gasteiger partial charge on any atom is 0.0462 e. The number of fused-ring (bicyclic) bond motifs is 3. The number of anilines is 3. The lowest BCUT2D eigenvalue weighted by Gasteiger charge is -2.33. The molecule has 8 rings (SSSR count). The highest BCUT2D eigenvalue weighted by Gasteiger charge is 2.42. The first kappa shape index (κ1) is 50.3. The maximum atomic E-state index is 6.12. The highest BCUT2D eigenvalue weighted by molar-refractivity contribution is 5.86. The Morgan fingerprint density at radius 3 is 1.10 bits per heavy atom. The second-order valence-electron chi connectivity index (χ2n) is 22.4. The number of hydrogen-bond donors (Lipinski definition) is 0. The van der Waals surface area contributed by atoms with Gasteiger partial charge in [-0.2, -0.15) is 0 Å². The van der Waals surface area contributed by atoms with Gasteiger partial charge in [-0.05, 0) is 145 Å². The lowest BCUT2D eigenvalue weighted by atomic mass is 9.70. The summed E-state index contributed by atoms with van der Waals surface area (Å²) in [5, 5.41) is 0. The van der Waals surface area contributed by atoms with Crippen LogP contribution < -0.4 is 4.90 Å². The molecule has 0 fully saturated rings. The van der Waals surface area contributed by atoms with Crippen molar-refractivity contribution >= 4 is 17.1 Å². The van der Waals surface area contributed by atoms with Gasteiger partial charge in [0.1, 0.15) is 0 Å². The Balaban J connectivity index is 1.14. The van der Waals surface area contributed by atoms with Gasteiger partial charge >= 0.3 is 0 Å². The molecule has 0 aliphatic heterocycles. The summed E-state index contributed by atoms with van der Waals surface area (Å²) in [5.41, 5.74) is 20.4. The smallest absolute Gasteiger partial charge is 0.0462 e. The van der Waals surface area contributed by atoms with Crippen molar-refractivity contribution in [3.05, 3.63) is 186 Å². The molecule has 7 aromatic carbocycles. The number of hydrogen-bond acceptors (Lipinski definition) is 1. The largest absolute Gasteiger partial charge is 0.311 e. The van der Waals surface area contributed by atoms with Gasteiger partial charge in [-0.25, -0.2) is 0 Å². The van der Waals surface area contributed by atoms with Crippen molar-refractivity contribution < 1.29 is 0 Å². The third kappa shape index (κ3) is 11.4. The lowest BCUT2D eigenvalue weighted by molar-refractivity contribution is 0.398. The Morgan fingerprint density at radius 2 is 0.714 bits per heavy atom. The Hall–Kier alpha value is -6.10. The molecule has 0 aromatic heterocycles. The van der Waals surface area contributed by atoms with E-state index in [4.69, 9.17) is 6.42 Å². The van der Waals surface area contributed by atoms with Crippen LogP contribution in [0.4, 0.5) is 17.1 Å². The van der Waals surface area contributed by atoms with Gasteiger partial charge in [0.25, 0.3) is 0 Å². The second kappa shape index (κ2) is 22.3. The predicted octanol–water partition coefficient (Wildman–Crippen LogP) is 20.5. The third-order valence-corrected chi connectivity index (χ3v) is 15.3. The molecular weight excluding hydrogens is 843 g/mol. The van der Waals surface area contributed by atoms with Crippen LogP contribution in [-0.2, 0) is 16.2 Å². The van der Waals surface area contributed by atoms with E-state index in [2.05, 4.69) is 224 Å². The molecule has 0 bridgehead atoms. The van der Waals surface area contributed by atoms with Crippen LogP contribution >= 0.6 is 0 Å². The highest BCUT2D eigenvalue weighted by atomic mass is 15.1. The number of nitrogens with zero attached hydrogens (tertiary/aromatic N) is 1. The quantitative estimate of drug-likeness (QED) is 0.0544. The van der Waals surface area contributed by atoms with Crippen LogP contribution in [0.3, 0.4) is 0 Å². The molecule has 0 N–H and O–H groups in total. The van der Waals surface area contributed by atoms with Crippen molar-refractivity contribution in [1.82, 2.24) is 0 Å². The number of benzene rings is 7. The highest BCUT2D eigenvalue weighted by Crippen LogP contribution is 2.55. The van der Waals surface area contributed by atoms with Crippen molar-refractivity contribution in [2.45, 2.75) is 162 Å². The molecule has 0 saturated carbocycles. The molecule has 0 radical (unpaired) electrons. The zero-order valence-corrected chi connectivity index (χ0v) is 43.9. The molecular formula is C69H79N. The van der Waals surface area contributed by atoms with Crippen LogP contribution in [0.5, 0.6) is 0 Å². The van der Waals surface area contributed by atoms with Crippen LogP contribution in [0.1, 0.15) is 173 Å². The fourth-order valence-electron chi connectivity index (χ4n) is 11.0. The number of unbranched alkanes of at least 4 members (excludes halogenated alkanes) is 10. The van der Waals surface area contributed by atoms with Crippen molar-refractivity contribution in [3.8, 4) is 56.9 Å². The Kier molecular flexibility index (Phi) is 16.0. The summed E-state index contributed by atoms with van der Waals surface area (Å²) in [5.74, 6) is 3.01. The van der Waals surface area contributed by atoms with E-state index in [1.165, 1.54) is 157 Å². The summed E-state index contributed by atoms with van der Waals surface area (Å²) in [4.78, 5) is 2.40. The van der Waals surface area contributed by atoms with Gasteiger partial charge in [-0.3, -0.25) is 0 Å². The van der Waals surface area contributed by atoms with E-state index in [0.29, 0.717) is 0 Å². The first-order chi connectivity index (χ1) is 33.8. The minimum absolute atomic E-state index is 0.0403. The van der Waals surface area contributed by atoms with Gasteiger partial charge in [0, 0.05) is 28.0 Å². The first-order valence-corrected chi connectivity index (χ1v) is 26.9. The molecule has 0 spiro atoms. The van der Waals surface area contributed by atoms with Crippen molar-refractivity contribution in [2.24, 2.45) is 0 Å². The van der Waals surface area contributed by atoms with Crippen molar-refractivity contribution in [2.75, 3.05) is 4.90 Å². The summed E-state index contributed by atoms with van der Waals surface area (Å²) < 4.78 is 0. The summed E-state index contributed by atoms with van der Waals surface area (Å²) in [6.45, 7) is 18.3. The molecule has 0 unspecified atom stereocenters. The van der Waals surface area contributed by atoms with Crippen LogP contribution in [0, 0.1) is 12.3 Å². The number of terminal acetylenes is 1. The molecule has 7 aromatic rings. The van der Waals surface area contributed by atoms with Gasteiger partial charge in [0.05, 0.1) is 0 Å². The molecule has 1 heteroatoms. The van der Waals surface area contributed by atoms with E-state index in [-0.39, 0.29) is 16.2 Å². The standard InChI is InChI=1S/C69H79N/c1-10-13-15-17-19-21-47-69(48-22-20-18-16-14-11-2)65-49-51(12-3)23-45-63(65)64-46-34-57(50-66(64)69)56-32-43-62(44-33-56)70(60-39-28-54(29-40-60)52-24-35-58(36-25-52)67(4,5)6)61-41-30-55(31-42-61)53-26-37-59(38-27-53)68(7,8)9/h3,23-46,49-50H,10-11,13-22,47-48H2,1-2,4-9H3. The molecule has 0 amide bonds. The molecule has 0 atom stereocenters. The fraction of sp³-hybridized carbons (Fsp3) is 0.362. The summed E-state index contributed by atoms with van der Waals surface area (Å²) >= 11 is 0. The van der Waals surface area contributed by atoms with Gasteiger partial charge in [0.15, 0.2) is 0 Å². The zero-order valence-electron chi connectivity index (χ0n) is 43.9. The maximum absolute atomic E-state index is 6.12. The van der Waals surface area contributed by atoms with Gasteiger partial charge in [-0.1, -0.05) is 241 Å². The van der Waals surface area contributed by atoms with Gasteiger partial charge in [-0.15, -0.1) is 6.42 Å². The van der Waals surface area contributed by atoms with Crippen LogP contribution in [0.2, 0.25) is 0 Å². The van der Waals surface area contributed by atoms with Crippen LogP contribution in [-0.4, -0.2) is 0 Å². The summed E-state index contributed by atoms with van der Waals surface area (Å²) in [6.07, 6.45) is 24.0. The fourth-order valence-corrected chi connectivity index (χ4v) is 11.0. The van der Waals surface area contributed by atoms with E-state index < -0.39 is 0 Å². The lowest BCUT2D eigenvalue weighted by Crippen LogP contribution is -2.25. The van der Waals surface area contributed by atoms with E-state index in [1.807, 2.05) is 0 Å². The number of rotatable bonds is 20. The van der Waals surface area contributed by atoms with E-state index in [9.17, 15) is 0 Å².